The van der Waals surface area contributed by atoms with Crippen LogP contribution in [0.1, 0.15) is 5.89 Å². The Balaban J connectivity index is 1.25. The minimum Gasteiger partial charge on any atom is -0.454 e. The van der Waals surface area contributed by atoms with Crippen LogP contribution in [0.15, 0.2) is 68.6 Å². The number of ether oxygens (including phenoxy) is 2. The molecule has 0 amide bonds. The van der Waals surface area contributed by atoms with E-state index in [1.807, 2.05) is 54.6 Å². The summed E-state index contributed by atoms with van der Waals surface area (Å²) in [5.41, 5.74) is 2.59. The van der Waals surface area contributed by atoms with Crippen molar-refractivity contribution in [1.82, 2.24) is 20.3 Å². The van der Waals surface area contributed by atoms with Gasteiger partial charge in [-0.15, -0.1) is 10.2 Å². The Morgan fingerprint density at radius 1 is 0.931 bits per heavy atom. The second-order valence-electron chi connectivity index (χ2n) is 6.14. The number of thioether (sulfide) groups is 1. The van der Waals surface area contributed by atoms with Crippen molar-refractivity contribution in [3.05, 3.63) is 65.0 Å². The van der Waals surface area contributed by atoms with Gasteiger partial charge in [-0.2, -0.15) is 4.98 Å². The fourth-order valence-electron chi connectivity index (χ4n) is 2.80. The van der Waals surface area contributed by atoms with E-state index in [9.17, 15) is 0 Å². The molecule has 0 aliphatic carbocycles. The highest BCUT2D eigenvalue weighted by atomic mass is 79.9. The summed E-state index contributed by atoms with van der Waals surface area (Å²) in [5.74, 6) is 3.08. The van der Waals surface area contributed by atoms with E-state index >= 15 is 0 Å². The Kier molecular flexibility index (Phi) is 4.91. The third-order valence-corrected chi connectivity index (χ3v) is 5.60. The Labute approximate surface area is 178 Å². The Bertz CT molecular complexity index is 1170. The van der Waals surface area contributed by atoms with Crippen molar-refractivity contribution < 1.29 is 14.0 Å². The van der Waals surface area contributed by atoms with Crippen LogP contribution in [0.3, 0.4) is 0 Å². The summed E-state index contributed by atoms with van der Waals surface area (Å²) in [4.78, 5) is 4.44. The number of fused-ring (bicyclic) bond motifs is 1. The van der Waals surface area contributed by atoms with E-state index in [4.69, 9.17) is 14.0 Å². The van der Waals surface area contributed by atoms with Crippen LogP contribution in [-0.2, 0) is 5.75 Å². The van der Waals surface area contributed by atoms with E-state index in [2.05, 4.69) is 36.3 Å². The topological polar surface area (TPSA) is 83.2 Å². The van der Waals surface area contributed by atoms with Crippen molar-refractivity contribution in [3.8, 4) is 34.1 Å². The molecule has 4 aromatic rings. The number of nitrogens with zero attached hydrogens (tertiary/aromatic N) is 4. The van der Waals surface area contributed by atoms with Crippen LogP contribution in [0.5, 0.6) is 11.5 Å². The second-order valence-corrected chi connectivity index (χ2v) is 8.05. The van der Waals surface area contributed by atoms with Crippen LogP contribution >= 0.6 is 27.7 Å². The van der Waals surface area contributed by atoms with Crippen LogP contribution in [0.2, 0.25) is 0 Å². The fraction of sp³-hybridized carbons (Fsp3) is 0.100. The molecule has 29 heavy (non-hydrogen) atoms. The lowest BCUT2D eigenvalue weighted by Gasteiger charge is -2.03. The number of benzene rings is 2. The molecule has 1 aliphatic rings. The molecule has 7 nitrogen and oxygen atoms in total. The van der Waals surface area contributed by atoms with Gasteiger partial charge >= 0.3 is 0 Å². The zero-order chi connectivity index (χ0) is 19.6. The molecule has 0 saturated heterocycles. The third kappa shape index (κ3) is 3.96. The normalized spacial score (nSPS) is 12.3. The molecule has 0 fully saturated rings. The van der Waals surface area contributed by atoms with Crippen LogP contribution in [-0.4, -0.2) is 27.1 Å². The van der Waals surface area contributed by atoms with E-state index in [0.29, 0.717) is 17.5 Å². The first kappa shape index (κ1) is 18.1. The predicted octanol–water partition coefficient (Wildman–Crippen LogP) is 4.98. The van der Waals surface area contributed by atoms with Gasteiger partial charge in [-0.05, 0) is 42.5 Å². The molecule has 1 aliphatic heterocycles. The van der Waals surface area contributed by atoms with Crippen LogP contribution in [0, 0.1) is 0 Å². The van der Waals surface area contributed by atoms with Crippen LogP contribution < -0.4 is 9.47 Å². The van der Waals surface area contributed by atoms with Gasteiger partial charge in [0.2, 0.25) is 18.5 Å². The number of halogens is 1. The molecule has 3 heterocycles. The van der Waals surface area contributed by atoms with Crippen molar-refractivity contribution in [1.29, 1.82) is 0 Å². The first-order valence-electron chi connectivity index (χ1n) is 8.70. The maximum absolute atomic E-state index is 5.41. The molecule has 0 N–H and O–H groups in total. The molecule has 2 aromatic heterocycles. The second kappa shape index (κ2) is 7.84. The van der Waals surface area contributed by atoms with E-state index in [-0.39, 0.29) is 6.79 Å². The average molecular weight is 469 g/mol. The summed E-state index contributed by atoms with van der Waals surface area (Å²) >= 11 is 4.93. The minimum absolute atomic E-state index is 0.249. The number of aromatic nitrogens is 4. The smallest absolute Gasteiger partial charge is 0.237 e. The zero-order valence-electron chi connectivity index (χ0n) is 14.9. The molecule has 9 heteroatoms. The van der Waals surface area contributed by atoms with Crippen molar-refractivity contribution in [2.24, 2.45) is 0 Å². The van der Waals surface area contributed by atoms with E-state index < -0.39 is 0 Å². The molecular formula is C20H13BrN4O3S. The SMILES string of the molecule is Brc1cccc(-c2noc(CSc3ccc(-c4ccc5c(c4)OCO5)nn3)n2)c1. The summed E-state index contributed by atoms with van der Waals surface area (Å²) in [6.45, 7) is 0.249. The molecule has 2 aromatic carbocycles. The molecule has 0 saturated carbocycles. The fourth-order valence-corrected chi connectivity index (χ4v) is 3.85. The van der Waals surface area contributed by atoms with Gasteiger partial charge < -0.3 is 14.0 Å². The van der Waals surface area contributed by atoms with Crippen molar-refractivity contribution in [2.45, 2.75) is 10.8 Å². The monoisotopic (exact) mass is 468 g/mol. The van der Waals surface area contributed by atoms with Gasteiger partial charge in [-0.25, -0.2) is 0 Å². The number of hydrogen-bond acceptors (Lipinski definition) is 8. The quantitative estimate of drug-likeness (QED) is 0.379. The van der Waals surface area contributed by atoms with Gasteiger partial charge in [0.25, 0.3) is 0 Å². The van der Waals surface area contributed by atoms with E-state index in [1.54, 1.807) is 0 Å². The lowest BCUT2D eigenvalue weighted by atomic mass is 10.1. The van der Waals surface area contributed by atoms with Crippen molar-refractivity contribution in [2.75, 3.05) is 6.79 Å². The summed E-state index contributed by atoms with van der Waals surface area (Å²) in [6.07, 6.45) is 0. The van der Waals surface area contributed by atoms with Gasteiger partial charge in [-0.1, -0.05) is 45.0 Å². The van der Waals surface area contributed by atoms with Crippen molar-refractivity contribution in [3.63, 3.8) is 0 Å². The molecule has 0 bridgehead atoms. The standard InChI is InChI=1S/C20H13BrN4O3S/c21-14-3-1-2-13(8-14)20-22-18(28-25-20)10-29-19-7-5-15(23-24-19)12-4-6-16-17(9-12)27-11-26-16/h1-9H,10-11H2. The van der Waals surface area contributed by atoms with Gasteiger partial charge in [0.15, 0.2) is 11.5 Å². The van der Waals surface area contributed by atoms with Gasteiger partial charge in [0.05, 0.1) is 11.4 Å². The van der Waals surface area contributed by atoms with E-state index in [1.165, 1.54) is 11.8 Å². The Morgan fingerprint density at radius 2 is 1.86 bits per heavy atom. The highest BCUT2D eigenvalue weighted by Crippen LogP contribution is 2.35. The molecule has 144 valence electrons. The third-order valence-electron chi connectivity index (χ3n) is 4.20. The average Bonchev–Trinajstić information content (AvgIpc) is 3.41. The van der Waals surface area contributed by atoms with Crippen LogP contribution in [0.25, 0.3) is 22.6 Å². The maximum atomic E-state index is 5.41. The maximum Gasteiger partial charge on any atom is 0.237 e. The van der Waals surface area contributed by atoms with Crippen LogP contribution in [0.4, 0.5) is 0 Å². The number of hydrogen-bond donors (Lipinski definition) is 0. The van der Waals surface area contributed by atoms with E-state index in [0.717, 1.165) is 37.8 Å². The predicted molar refractivity (Wildman–Crippen MR) is 111 cm³/mol. The van der Waals surface area contributed by atoms with Gasteiger partial charge in [0, 0.05) is 15.6 Å². The largest absolute Gasteiger partial charge is 0.454 e. The molecule has 0 radical (unpaired) electrons. The Morgan fingerprint density at radius 3 is 2.72 bits per heavy atom. The molecule has 0 atom stereocenters. The molecule has 5 rings (SSSR count). The van der Waals surface area contributed by atoms with Crippen molar-refractivity contribution >= 4 is 27.7 Å². The lowest BCUT2D eigenvalue weighted by molar-refractivity contribution is 0.174. The molecule has 0 spiro atoms. The number of rotatable bonds is 5. The lowest BCUT2D eigenvalue weighted by Crippen LogP contribution is -1.93. The molecule has 0 unspecified atom stereocenters. The summed E-state index contributed by atoms with van der Waals surface area (Å²) < 4.78 is 17.1. The minimum atomic E-state index is 0.249. The first-order chi connectivity index (χ1) is 14.2. The van der Waals surface area contributed by atoms with Gasteiger partial charge in [-0.3, -0.25) is 0 Å². The molecular weight excluding hydrogens is 456 g/mol. The van der Waals surface area contributed by atoms with Gasteiger partial charge in [0.1, 0.15) is 5.03 Å². The first-order valence-corrected chi connectivity index (χ1v) is 10.5. The Hall–Kier alpha value is -2.91. The summed E-state index contributed by atoms with van der Waals surface area (Å²) in [6, 6.07) is 17.3. The zero-order valence-corrected chi connectivity index (χ0v) is 17.3. The highest BCUT2D eigenvalue weighted by molar-refractivity contribution is 9.10. The summed E-state index contributed by atoms with van der Waals surface area (Å²) in [7, 11) is 0. The highest BCUT2D eigenvalue weighted by Gasteiger charge is 2.15. The summed E-state index contributed by atoms with van der Waals surface area (Å²) in [5, 5.41) is 13.4.